The lowest BCUT2D eigenvalue weighted by molar-refractivity contribution is -0.118. The van der Waals surface area contributed by atoms with Gasteiger partial charge in [-0.25, -0.2) is 4.39 Å². The van der Waals surface area contributed by atoms with E-state index in [1.54, 1.807) is 36.4 Å². The van der Waals surface area contributed by atoms with Crippen molar-refractivity contribution in [1.29, 1.82) is 5.26 Å². The van der Waals surface area contributed by atoms with Crippen LogP contribution in [0.15, 0.2) is 48.5 Å². The number of rotatable bonds is 5. The number of aromatic amines is 1. The highest BCUT2D eigenvalue weighted by Crippen LogP contribution is 2.17. The molecule has 0 saturated heterocycles. The largest absolute Gasteiger partial charge is 0.482 e. The van der Waals surface area contributed by atoms with Crippen LogP contribution < -0.4 is 10.1 Å². The molecule has 0 aliphatic heterocycles. The van der Waals surface area contributed by atoms with E-state index in [-0.39, 0.29) is 18.4 Å². The predicted octanol–water partition coefficient (Wildman–Crippen LogP) is 2.50. The van der Waals surface area contributed by atoms with Gasteiger partial charge in [0, 0.05) is 5.56 Å². The average molecular weight is 337 g/mol. The van der Waals surface area contributed by atoms with Crippen LogP contribution in [-0.4, -0.2) is 27.7 Å². The third kappa shape index (κ3) is 3.97. The molecule has 3 aromatic rings. The Morgan fingerprint density at radius 1 is 1.24 bits per heavy atom. The van der Waals surface area contributed by atoms with Gasteiger partial charge >= 0.3 is 0 Å². The molecule has 0 aliphatic carbocycles. The van der Waals surface area contributed by atoms with Crippen molar-refractivity contribution in [3.05, 3.63) is 59.9 Å². The number of aromatic nitrogens is 3. The molecule has 7 nitrogen and oxygen atoms in total. The number of H-pyrrole nitrogens is 1. The minimum atomic E-state index is -0.475. The molecule has 0 aliphatic rings. The van der Waals surface area contributed by atoms with Gasteiger partial charge in [0.2, 0.25) is 5.95 Å². The molecular weight excluding hydrogens is 325 g/mol. The van der Waals surface area contributed by atoms with Crippen molar-refractivity contribution in [1.82, 2.24) is 15.2 Å². The third-order valence-electron chi connectivity index (χ3n) is 3.22. The lowest BCUT2D eigenvalue weighted by atomic mass is 10.2. The van der Waals surface area contributed by atoms with Crippen LogP contribution >= 0.6 is 0 Å². The Kier molecular flexibility index (Phi) is 4.67. The molecule has 2 N–H and O–H groups in total. The van der Waals surface area contributed by atoms with E-state index in [0.717, 1.165) is 0 Å². The van der Waals surface area contributed by atoms with Gasteiger partial charge < -0.3 is 4.74 Å². The number of benzene rings is 2. The number of anilines is 1. The molecule has 25 heavy (non-hydrogen) atoms. The first-order valence-electron chi connectivity index (χ1n) is 7.26. The average Bonchev–Trinajstić information content (AvgIpc) is 3.09. The van der Waals surface area contributed by atoms with Crippen molar-refractivity contribution in [2.45, 2.75) is 0 Å². The summed E-state index contributed by atoms with van der Waals surface area (Å²) in [6.07, 6.45) is 0. The molecular formula is C17H12FN5O2. The summed E-state index contributed by atoms with van der Waals surface area (Å²) in [6, 6.07) is 14.3. The number of amides is 1. The number of carbonyl (C=O) groups excluding carboxylic acids is 1. The monoisotopic (exact) mass is 337 g/mol. The number of halogens is 1. The lowest BCUT2D eigenvalue weighted by Gasteiger charge is -2.06. The molecule has 1 aromatic heterocycles. The summed E-state index contributed by atoms with van der Waals surface area (Å²) in [5.74, 6) is -0.0429. The highest BCUT2D eigenvalue weighted by atomic mass is 19.1. The molecule has 3 rings (SSSR count). The molecule has 2 aromatic carbocycles. The summed E-state index contributed by atoms with van der Waals surface area (Å²) in [5.41, 5.74) is 0.973. The summed E-state index contributed by atoms with van der Waals surface area (Å²) in [5, 5.41) is 18.0. The van der Waals surface area contributed by atoms with Gasteiger partial charge in [-0.2, -0.15) is 10.2 Å². The lowest BCUT2D eigenvalue weighted by Crippen LogP contribution is -2.21. The first-order chi connectivity index (χ1) is 12.2. The fourth-order valence-corrected chi connectivity index (χ4v) is 2.04. The third-order valence-corrected chi connectivity index (χ3v) is 3.22. The van der Waals surface area contributed by atoms with Gasteiger partial charge in [-0.3, -0.25) is 15.2 Å². The first-order valence-corrected chi connectivity index (χ1v) is 7.26. The molecule has 0 bridgehead atoms. The van der Waals surface area contributed by atoms with Crippen LogP contribution in [0.1, 0.15) is 5.56 Å². The van der Waals surface area contributed by atoms with Crippen LogP contribution in [-0.2, 0) is 4.79 Å². The van der Waals surface area contributed by atoms with E-state index in [0.29, 0.717) is 22.7 Å². The number of para-hydroxylation sites is 1. The Bertz CT molecular complexity index is 931. The molecule has 8 heteroatoms. The summed E-state index contributed by atoms with van der Waals surface area (Å²) in [7, 11) is 0. The normalized spacial score (nSPS) is 10.1. The zero-order chi connectivity index (χ0) is 17.6. The van der Waals surface area contributed by atoms with Crippen LogP contribution in [0.5, 0.6) is 5.75 Å². The van der Waals surface area contributed by atoms with Crippen LogP contribution in [0.4, 0.5) is 10.3 Å². The topological polar surface area (TPSA) is 104 Å². The number of hydrogen-bond acceptors (Lipinski definition) is 5. The SMILES string of the molecule is N#Cc1ccccc1OCC(=O)Nc1n[nH]c(-c2ccc(F)cc2)n1. The van der Waals surface area contributed by atoms with E-state index in [2.05, 4.69) is 20.5 Å². The summed E-state index contributed by atoms with van der Waals surface area (Å²) >= 11 is 0. The fourth-order valence-electron chi connectivity index (χ4n) is 2.04. The van der Waals surface area contributed by atoms with Gasteiger partial charge in [-0.1, -0.05) is 12.1 Å². The zero-order valence-electron chi connectivity index (χ0n) is 12.9. The quantitative estimate of drug-likeness (QED) is 0.744. The Labute approximate surface area is 142 Å². The number of hydrogen-bond donors (Lipinski definition) is 2. The maximum absolute atomic E-state index is 12.9. The highest BCUT2D eigenvalue weighted by molar-refractivity contribution is 5.90. The van der Waals surface area contributed by atoms with Crippen LogP contribution in [0.25, 0.3) is 11.4 Å². The first kappa shape index (κ1) is 16.1. The van der Waals surface area contributed by atoms with Crippen molar-refractivity contribution in [3.8, 4) is 23.2 Å². The predicted molar refractivity (Wildman–Crippen MR) is 87.1 cm³/mol. The van der Waals surface area contributed by atoms with Crippen LogP contribution in [0, 0.1) is 17.1 Å². The molecule has 0 fully saturated rings. The molecule has 0 saturated carbocycles. The van der Waals surface area contributed by atoms with Gasteiger partial charge in [0.15, 0.2) is 12.4 Å². The Balaban J connectivity index is 1.60. The van der Waals surface area contributed by atoms with Crippen molar-refractivity contribution in [2.24, 2.45) is 0 Å². The van der Waals surface area contributed by atoms with Crippen molar-refractivity contribution in [3.63, 3.8) is 0 Å². The van der Waals surface area contributed by atoms with Crippen LogP contribution in [0.3, 0.4) is 0 Å². The molecule has 0 unspecified atom stereocenters. The van der Waals surface area contributed by atoms with Gasteiger partial charge in [0.05, 0.1) is 5.56 Å². The number of nitrogens with one attached hydrogen (secondary N) is 2. The maximum atomic E-state index is 12.9. The summed E-state index contributed by atoms with van der Waals surface area (Å²) < 4.78 is 18.2. The minimum absolute atomic E-state index is 0.0708. The molecule has 0 radical (unpaired) electrons. The highest BCUT2D eigenvalue weighted by Gasteiger charge is 2.11. The van der Waals surface area contributed by atoms with Gasteiger partial charge in [-0.05, 0) is 36.4 Å². The number of carbonyl (C=O) groups is 1. The Morgan fingerprint density at radius 3 is 2.76 bits per heavy atom. The van der Waals surface area contributed by atoms with E-state index in [1.807, 2.05) is 6.07 Å². The van der Waals surface area contributed by atoms with Crippen molar-refractivity contribution in [2.75, 3.05) is 11.9 Å². The van der Waals surface area contributed by atoms with E-state index < -0.39 is 5.91 Å². The van der Waals surface area contributed by atoms with Gasteiger partial charge in [0.25, 0.3) is 5.91 Å². The fraction of sp³-hybridized carbons (Fsp3) is 0.0588. The molecule has 1 amide bonds. The minimum Gasteiger partial charge on any atom is -0.482 e. The second-order valence-electron chi connectivity index (χ2n) is 4.96. The molecule has 1 heterocycles. The number of ether oxygens (including phenoxy) is 1. The Morgan fingerprint density at radius 2 is 2.00 bits per heavy atom. The van der Waals surface area contributed by atoms with E-state index in [1.165, 1.54) is 12.1 Å². The smallest absolute Gasteiger partial charge is 0.264 e. The van der Waals surface area contributed by atoms with E-state index in [4.69, 9.17) is 10.00 Å². The second-order valence-corrected chi connectivity index (χ2v) is 4.96. The van der Waals surface area contributed by atoms with E-state index in [9.17, 15) is 9.18 Å². The molecule has 0 spiro atoms. The maximum Gasteiger partial charge on any atom is 0.264 e. The summed E-state index contributed by atoms with van der Waals surface area (Å²) in [4.78, 5) is 16.0. The van der Waals surface area contributed by atoms with Crippen molar-refractivity contribution < 1.29 is 13.9 Å². The zero-order valence-corrected chi connectivity index (χ0v) is 12.9. The van der Waals surface area contributed by atoms with Gasteiger partial charge in [-0.15, -0.1) is 5.10 Å². The van der Waals surface area contributed by atoms with Crippen LogP contribution in [0.2, 0.25) is 0 Å². The standard InChI is InChI=1S/C17H12FN5O2/c18-13-7-5-11(6-8-13)16-21-17(23-22-16)20-15(24)10-25-14-4-2-1-3-12(14)9-19/h1-8H,10H2,(H2,20,21,22,23,24). The van der Waals surface area contributed by atoms with Crippen molar-refractivity contribution >= 4 is 11.9 Å². The Hall–Kier alpha value is -3.73. The number of nitriles is 1. The van der Waals surface area contributed by atoms with Gasteiger partial charge in [0.1, 0.15) is 17.6 Å². The second kappa shape index (κ2) is 7.23. The van der Waals surface area contributed by atoms with E-state index >= 15 is 0 Å². The molecule has 124 valence electrons. The molecule has 0 atom stereocenters. The summed E-state index contributed by atoms with van der Waals surface area (Å²) in [6.45, 7) is -0.293. The number of nitrogens with zero attached hydrogens (tertiary/aromatic N) is 3.